The van der Waals surface area contributed by atoms with E-state index in [9.17, 15) is 0 Å². The van der Waals surface area contributed by atoms with E-state index in [4.69, 9.17) is 20.7 Å². The minimum absolute atomic E-state index is 0.750. The molecule has 4 heteroatoms. The van der Waals surface area contributed by atoms with Crippen LogP contribution in [0.1, 0.15) is 13.8 Å². The van der Waals surface area contributed by atoms with Gasteiger partial charge in [-0.05, 0) is 6.54 Å². The molecule has 58 valence electrons. The summed E-state index contributed by atoms with van der Waals surface area (Å²) in [6.45, 7) is 3.74. The molecule has 0 saturated heterocycles. The predicted molar refractivity (Wildman–Crippen MR) is 36.2 cm³/mol. The molecule has 0 saturated carbocycles. The second-order valence-corrected chi connectivity index (χ2v) is 0.927. The van der Waals surface area contributed by atoms with Gasteiger partial charge in [-0.15, -0.1) is 0 Å². The molecule has 0 aliphatic heterocycles. The number of hydrogen-bond donors (Lipinski definition) is 3. The quantitative estimate of drug-likeness (QED) is 0.426. The molecule has 0 amide bonds. The maximum absolute atomic E-state index is 9.00. The zero-order chi connectivity index (χ0) is 8.28. The predicted octanol–water partition coefficient (Wildman–Crippen LogP) is -0.336. The molecule has 0 spiro atoms. The molecule has 0 rings (SSSR count). The first-order valence-corrected chi connectivity index (χ1v) is 2.49. The van der Waals surface area contributed by atoms with E-state index in [0.29, 0.717) is 0 Å². The van der Waals surface area contributed by atoms with Crippen molar-refractivity contribution >= 4 is 5.97 Å². The van der Waals surface area contributed by atoms with Gasteiger partial charge in [-0.25, -0.2) is 0 Å². The van der Waals surface area contributed by atoms with Crippen molar-refractivity contribution in [2.75, 3.05) is 13.7 Å². The molecule has 0 fully saturated rings. The third kappa shape index (κ3) is 577. The molecular formula is C5H15NO3. The molecule has 0 aliphatic carbocycles. The van der Waals surface area contributed by atoms with Gasteiger partial charge in [0.1, 0.15) is 0 Å². The van der Waals surface area contributed by atoms with Crippen LogP contribution in [0.15, 0.2) is 0 Å². The summed E-state index contributed by atoms with van der Waals surface area (Å²) >= 11 is 0. The number of aliphatic hydroxyl groups excluding tert-OH is 1. The number of nitrogens with two attached hydrogens (primary N) is 1. The Kier molecular flexibility index (Phi) is 46.0. The number of aliphatic hydroxyl groups is 1. The smallest absolute Gasteiger partial charge is 0.300 e. The number of hydrogen-bond acceptors (Lipinski definition) is 3. The van der Waals surface area contributed by atoms with Crippen LogP contribution in [0.4, 0.5) is 0 Å². The molecule has 9 heavy (non-hydrogen) atoms. The normalized spacial score (nSPS) is 5.44. The number of aliphatic carboxylic acids is 1. The van der Waals surface area contributed by atoms with Crippen molar-refractivity contribution in [3.63, 3.8) is 0 Å². The van der Waals surface area contributed by atoms with E-state index in [0.717, 1.165) is 20.6 Å². The van der Waals surface area contributed by atoms with Crippen LogP contribution in [-0.2, 0) is 4.79 Å². The van der Waals surface area contributed by atoms with Gasteiger partial charge in [0.05, 0.1) is 0 Å². The number of carbonyl (C=O) groups is 1. The van der Waals surface area contributed by atoms with Gasteiger partial charge >= 0.3 is 0 Å². The molecule has 0 unspecified atom stereocenters. The van der Waals surface area contributed by atoms with Crippen molar-refractivity contribution in [1.29, 1.82) is 0 Å². The van der Waals surface area contributed by atoms with Gasteiger partial charge in [0.25, 0.3) is 5.97 Å². The second-order valence-electron chi connectivity index (χ2n) is 0.927. The van der Waals surface area contributed by atoms with Crippen LogP contribution in [0, 0.1) is 0 Å². The third-order valence-electron chi connectivity index (χ3n) is 0. The monoisotopic (exact) mass is 137 g/mol. The fourth-order valence-corrected chi connectivity index (χ4v) is 0. The summed E-state index contributed by atoms with van der Waals surface area (Å²) < 4.78 is 0. The lowest BCUT2D eigenvalue weighted by Crippen LogP contribution is -1.87. The first-order valence-electron chi connectivity index (χ1n) is 2.49. The molecule has 4 nitrogen and oxygen atoms in total. The Labute approximate surface area is 55.3 Å². The average Bonchev–Trinajstić information content (AvgIpc) is 1.71. The summed E-state index contributed by atoms with van der Waals surface area (Å²) in [4.78, 5) is 9.00. The summed E-state index contributed by atoms with van der Waals surface area (Å²) in [5, 5.41) is 14.4. The van der Waals surface area contributed by atoms with Crippen LogP contribution in [-0.4, -0.2) is 29.8 Å². The average molecular weight is 137 g/mol. The molecule has 0 radical (unpaired) electrons. The fourth-order valence-electron chi connectivity index (χ4n) is 0. The first-order chi connectivity index (χ1) is 4.15. The van der Waals surface area contributed by atoms with Gasteiger partial charge in [0.2, 0.25) is 0 Å². The standard InChI is InChI=1S/C2H7N.C2H4O2.CH4O/c1-2-3;1-2(3)4;1-2/h2-3H2,1H3;1H3,(H,3,4);2H,1H3. The molecule has 0 aromatic rings. The van der Waals surface area contributed by atoms with Crippen molar-refractivity contribution < 1.29 is 15.0 Å². The highest BCUT2D eigenvalue weighted by Gasteiger charge is 1.65. The maximum Gasteiger partial charge on any atom is 0.300 e. The van der Waals surface area contributed by atoms with E-state index in [2.05, 4.69) is 0 Å². The lowest BCUT2D eigenvalue weighted by atomic mass is 10.8. The van der Waals surface area contributed by atoms with Gasteiger partial charge in [-0.3, -0.25) is 4.79 Å². The van der Waals surface area contributed by atoms with Crippen molar-refractivity contribution in [2.45, 2.75) is 13.8 Å². The van der Waals surface area contributed by atoms with Crippen LogP contribution < -0.4 is 5.73 Å². The van der Waals surface area contributed by atoms with E-state index in [1.165, 1.54) is 0 Å². The molecule has 0 atom stereocenters. The molecule has 0 heterocycles. The van der Waals surface area contributed by atoms with Crippen LogP contribution >= 0.6 is 0 Å². The topological polar surface area (TPSA) is 83.5 Å². The molecule has 0 bridgehead atoms. The largest absolute Gasteiger partial charge is 0.481 e. The van der Waals surface area contributed by atoms with Crippen molar-refractivity contribution in [3.05, 3.63) is 0 Å². The summed E-state index contributed by atoms with van der Waals surface area (Å²) in [7, 11) is 1.00. The van der Waals surface area contributed by atoms with Crippen LogP contribution in [0.2, 0.25) is 0 Å². The van der Waals surface area contributed by atoms with E-state index in [1.807, 2.05) is 6.92 Å². The minimum atomic E-state index is -0.833. The minimum Gasteiger partial charge on any atom is -0.481 e. The lowest BCUT2D eigenvalue weighted by molar-refractivity contribution is -0.134. The summed E-state index contributed by atoms with van der Waals surface area (Å²) in [5.41, 5.74) is 4.85. The molecule has 0 aromatic carbocycles. The molecule has 0 aliphatic rings. The second kappa shape index (κ2) is 26.3. The zero-order valence-corrected chi connectivity index (χ0v) is 6.09. The van der Waals surface area contributed by atoms with E-state index in [1.54, 1.807) is 0 Å². The zero-order valence-electron chi connectivity index (χ0n) is 6.09. The highest BCUT2D eigenvalue weighted by atomic mass is 16.4. The van der Waals surface area contributed by atoms with Crippen molar-refractivity contribution in [1.82, 2.24) is 0 Å². The van der Waals surface area contributed by atoms with Crippen LogP contribution in [0.25, 0.3) is 0 Å². The van der Waals surface area contributed by atoms with Crippen LogP contribution in [0.3, 0.4) is 0 Å². The highest BCUT2D eigenvalue weighted by Crippen LogP contribution is 1.42. The van der Waals surface area contributed by atoms with Crippen LogP contribution in [0.5, 0.6) is 0 Å². The Morgan fingerprint density at radius 1 is 1.56 bits per heavy atom. The van der Waals surface area contributed by atoms with Gasteiger partial charge < -0.3 is 15.9 Å². The first kappa shape index (κ1) is 15.8. The highest BCUT2D eigenvalue weighted by molar-refractivity contribution is 5.62. The molecule has 4 N–H and O–H groups in total. The number of carboxylic acids is 1. The summed E-state index contributed by atoms with van der Waals surface area (Å²) in [5.74, 6) is -0.833. The Bertz CT molecular complexity index is 43.5. The Balaban J connectivity index is -0.0000000646. The molecular weight excluding hydrogens is 122 g/mol. The fraction of sp³-hybridized carbons (Fsp3) is 0.800. The Morgan fingerprint density at radius 3 is 1.56 bits per heavy atom. The van der Waals surface area contributed by atoms with Gasteiger partial charge in [0, 0.05) is 14.0 Å². The Morgan fingerprint density at radius 2 is 1.56 bits per heavy atom. The SMILES string of the molecule is CC(=O)O.CCN.CO. The number of rotatable bonds is 0. The number of carboxylic acid groups (broad SMARTS) is 1. The van der Waals surface area contributed by atoms with Crippen molar-refractivity contribution in [3.8, 4) is 0 Å². The van der Waals surface area contributed by atoms with Gasteiger partial charge in [-0.1, -0.05) is 6.92 Å². The van der Waals surface area contributed by atoms with E-state index >= 15 is 0 Å². The van der Waals surface area contributed by atoms with E-state index in [-0.39, 0.29) is 0 Å². The Hall–Kier alpha value is -0.610. The molecule has 0 aromatic heterocycles. The van der Waals surface area contributed by atoms with Gasteiger partial charge in [0.15, 0.2) is 0 Å². The summed E-state index contributed by atoms with van der Waals surface area (Å²) in [6, 6.07) is 0. The summed E-state index contributed by atoms with van der Waals surface area (Å²) in [6.07, 6.45) is 0. The lowest BCUT2D eigenvalue weighted by Gasteiger charge is -1.59. The van der Waals surface area contributed by atoms with E-state index < -0.39 is 5.97 Å². The van der Waals surface area contributed by atoms with Crippen molar-refractivity contribution in [2.24, 2.45) is 5.73 Å². The van der Waals surface area contributed by atoms with Gasteiger partial charge in [-0.2, -0.15) is 0 Å². The maximum atomic E-state index is 9.00. The third-order valence-corrected chi connectivity index (χ3v) is 0.